The van der Waals surface area contributed by atoms with Gasteiger partial charge in [0.15, 0.2) is 0 Å². The van der Waals surface area contributed by atoms with Crippen LogP contribution in [0.5, 0.6) is 11.5 Å². The van der Waals surface area contributed by atoms with Gasteiger partial charge < -0.3 is 20.5 Å². The van der Waals surface area contributed by atoms with Crippen LogP contribution in [0, 0.1) is 13.8 Å². The van der Waals surface area contributed by atoms with Gasteiger partial charge in [0.05, 0.1) is 18.4 Å². The summed E-state index contributed by atoms with van der Waals surface area (Å²) in [6.07, 6.45) is 1.53. The van der Waals surface area contributed by atoms with Crippen molar-refractivity contribution in [3.05, 3.63) is 46.6 Å². The number of benzene rings is 1. The molecule has 25 heavy (non-hydrogen) atoms. The Morgan fingerprint density at radius 1 is 1.12 bits per heavy atom. The quantitative estimate of drug-likeness (QED) is 0.774. The minimum atomic E-state index is -0.470. The summed E-state index contributed by atoms with van der Waals surface area (Å²) in [6.45, 7) is 5.90. The van der Waals surface area contributed by atoms with Gasteiger partial charge in [0.2, 0.25) is 0 Å². The van der Waals surface area contributed by atoms with E-state index in [1.165, 1.54) is 25.4 Å². The molecule has 0 saturated heterocycles. The summed E-state index contributed by atoms with van der Waals surface area (Å²) in [6, 6.07) is 4.53. The van der Waals surface area contributed by atoms with Gasteiger partial charge in [0.25, 0.3) is 11.8 Å². The molecule has 2 rings (SSSR count). The molecule has 2 aromatic rings. The Hall–Kier alpha value is -3.09. The molecule has 3 N–H and O–H groups in total. The summed E-state index contributed by atoms with van der Waals surface area (Å²) < 4.78 is 5.37. The number of hydrogen-bond donors (Lipinski definition) is 3. The number of ether oxygens (including phenoxy) is 1. The van der Waals surface area contributed by atoms with Crippen molar-refractivity contribution in [1.82, 2.24) is 10.3 Å². The van der Waals surface area contributed by atoms with E-state index in [9.17, 15) is 14.7 Å². The fourth-order valence-electron chi connectivity index (χ4n) is 2.35. The predicted octanol–water partition coefficient (Wildman–Crippen LogP) is 2.41. The number of hydrogen-bond acceptors (Lipinski definition) is 5. The van der Waals surface area contributed by atoms with Gasteiger partial charge in [-0.2, -0.15) is 0 Å². The Morgan fingerprint density at radius 2 is 1.84 bits per heavy atom. The van der Waals surface area contributed by atoms with Crippen molar-refractivity contribution in [3.63, 3.8) is 0 Å². The Morgan fingerprint density at radius 3 is 2.44 bits per heavy atom. The van der Waals surface area contributed by atoms with Crippen LogP contribution in [0.2, 0.25) is 0 Å². The molecule has 1 aromatic carbocycles. The van der Waals surface area contributed by atoms with Crippen molar-refractivity contribution in [2.24, 2.45) is 0 Å². The molecular weight excluding hydrogens is 322 g/mol. The highest BCUT2D eigenvalue weighted by molar-refractivity contribution is 6.07. The van der Waals surface area contributed by atoms with Crippen LogP contribution in [0.15, 0.2) is 24.4 Å². The van der Waals surface area contributed by atoms with Gasteiger partial charge in [-0.15, -0.1) is 0 Å². The molecule has 132 valence electrons. The molecule has 0 fully saturated rings. The molecular formula is C18H21N3O4. The molecule has 1 heterocycles. The zero-order chi connectivity index (χ0) is 18.6. The third-order valence-corrected chi connectivity index (χ3v) is 3.66. The van der Waals surface area contributed by atoms with Crippen LogP contribution in [-0.4, -0.2) is 35.6 Å². The fraction of sp³-hybridized carbons (Fsp3) is 0.278. The number of pyridine rings is 1. The van der Waals surface area contributed by atoms with E-state index in [2.05, 4.69) is 15.6 Å². The minimum Gasteiger partial charge on any atom is -0.507 e. The van der Waals surface area contributed by atoms with E-state index < -0.39 is 11.8 Å². The van der Waals surface area contributed by atoms with Crippen molar-refractivity contribution in [2.75, 3.05) is 19.0 Å². The summed E-state index contributed by atoms with van der Waals surface area (Å²) in [5, 5.41) is 15.0. The normalized spacial score (nSPS) is 10.2. The van der Waals surface area contributed by atoms with Gasteiger partial charge in [-0.05, 0) is 50.1 Å². The molecule has 0 aliphatic heterocycles. The molecule has 0 atom stereocenters. The van der Waals surface area contributed by atoms with Crippen molar-refractivity contribution in [1.29, 1.82) is 0 Å². The highest BCUT2D eigenvalue weighted by Crippen LogP contribution is 2.24. The lowest BCUT2D eigenvalue weighted by molar-refractivity contribution is 0.0960. The second kappa shape index (κ2) is 7.65. The first-order chi connectivity index (χ1) is 11.9. The van der Waals surface area contributed by atoms with Gasteiger partial charge in [0.1, 0.15) is 17.3 Å². The topological polar surface area (TPSA) is 101 Å². The number of nitrogens with one attached hydrogen (secondary N) is 2. The number of nitrogens with zero attached hydrogens (tertiary/aromatic N) is 1. The van der Waals surface area contributed by atoms with E-state index >= 15 is 0 Å². The van der Waals surface area contributed by atoms with Crippen molar-refractivity contribution in [3.8, 4) is 11.5 Å². The fourth-order valence-corrected chi connectivity index (χ4v) is 2.35. The second-order valence-electron chi connectivity index (χ2n) is 5.49. The van der Waals surface area contributed by atoms with Gasteiger partial charge in [-0.25, -0.2) is 4.98 Å². The average molecular weight is 343 g/mol. The van der Waals surface area contributed by atoms with Crippen LogP contribution in [-0.2, 0) is 0 Å². The van der Waals surface area contributed by atoms with Crippen molar-refractivity contribution in [2.45, 2.75) is 20.8 Å². The summed E-state index contributed by atoms with van der Waals surface area (Å²) in [4.78, 5) is 28.6. The van der Waals surface area contributed by atoms with Crippen LogP contribution in [0.1, 0.15) is 38.8 Å². The number of aromatic hydroxyl groups is 1. The lowest BCUT2D eigenvalue weighted by atomic mass is 10.0. The van der Waals surface area contributed by atoms with E-state index in [0.717, 1.165) is 5.56 Å². The lowest BCUT2D eigenvalue weighted by Gasteiger charge is -2.12. The average Bonchev–Trinajstić information content (AvgIpc) is 2.57. The molecule has 0 aliphatic carbocycles. The SMILES string of the molecule is CCOc1cnc(NC(=O)c2cc(C(=O)NC)c(O)cc2C)c(C)c1. The first-order valence-corrected chi connectivity index (χ1v) is 7.83. The zero-order valence-corrected chi connectivity index (χ0v) is 14.6. The smallest absolute Gasteiger partial charge is 0.257 e. The lowest BCUT2D eigenvalue weighted by Crippen LogP contribution is -2.20. The Bertz CT molecular complexity index is 818. The minimum absolute atomic E-state index is 0.0367. The zero-order valence-electron chi connectivity index (χ0n) is 14.6. The number of anilines is 1. The Balaban J connectivity index is 2.31. The van der Waals surface area contributed by atoms with Gasteiger partial charge in [-0.1, -0.05) is 0 Å². The third kappa shape index (κ3) is 4.06. The molecule has 0 spiro atoms. The molecule has 1 aromatic heterocycles. The number of aromatic nitrogens is 1. The van der Waals surface area contributed by atoms with E-state index in [1.807, 2.05) is 13.8 Å². The monoisotopic (exact) mass is 343 g/mol. The first-order valence-electron chi connectivity index (χ1n) is 7.83. The van der Waals surface area contributed by atoms with Gasteiger partial charge in [0, 0.05) is 12.6 Å². The highest BCUT2D eigenvalue weighted by atomic mass is 16.5. The summed E-state index contributed by atoms with van der Waals surface area (Å²) in [7, 11) is 1.45. The maximum absolute atomic E-state index is 12.6. The molecule has 0 radical (unpaired) electrons. The predicted molar refractivity (Wildman–Crippen MR) is 94.3 cm³/mol. The van der Waals surface area contributed by atoms with E-state index in [-0.39, 0.29) is 16.9 Å². The number of phenols is 1. The third-order valence-electron chi connectivity index (χ3n) is 3.66. The van der Waals surface area contributed by atoms with Crippen LogP contribution in [0.3, 0.4) is 0 Å². The summed E-state index contributed by atoms with van der Waals surface area (Å²) >= 11 is 0. The van der Waals surface area contributed by atoms with Crippen LogP contribution >= 0.6 is 0 Å². The number of amides is 2. The maximum Gasteiger partial charge on any atom is 0.257 e. The van der Waals surface area contributed by atoms with Gasteiger partial charge >= 0.3 is 0 Å². The Kier molecular flexibility index (Phi) is 5.59. The van der Waals surface area contributed by atoms with E-state index in [0.29, 0.717) is 23.7 Å². The largest absolute Gasteiger partial charge is 0.507 e. The van der Waals surface area contributed by atoms with Crippen molar-refractivity contribution >= 4 is 17.6 Å². The Labute approximate surface area is 146 Å². The van der Waals surface area contributed by atoms with Crippen LogP contribution < -0.4 is 15.4 Å². The van der Waals surface area contributed by atoms with E-state index in [4.69, 9.17) is 4.74 Å². The number of phenolic OH excluding ortho intramolecular Hbond substituents is 1. The second-order valence-corrected chi connectivity index (χ2v) is 5.49. The molecule has 0 saturated carbocycles. The van der Waals surface area contributed by atoms with E-state index in [1.54, 1.807) is 13.0 Å². The van der Waals surface area contributed by atoms with Gasteiger partial charge in [-0.3, -0.25) is 9.59 Å². The van der Waals surface area contributed by atoms with Crippen molar-refractivity contribution < 1.29 is 19.4 Å². The number of carbonyl (C=O) groups is 2. The molecule has 0 unspecified atom stereocenters. The standard InChI is InChI=1S/C18H21N3O4/c1-5-25-12-6-11(3)16(20-9-12)21-18(24)13-8-14(17(23)19-4)15(22)7-10(13)2/h6-9,22H,5H2,1-4H3,(H,19,23)(H,20,21,24). The molecule has 0 bridgehead atoms. The molecule has 2 amide bonds. The maximum atomic E-state index is 12.6. The van der Waals surface area contributed by atoms with Crippen LogP contribution in [0.25, 0.3) is 0 Å². The summed E-state index contributed by atoms with van der Waals surface area (Å²) in [5.74, 6) is -0.0313. The number of aryl methyl sites for hydroxylation is 2. The number of rotatable bonds is 5. The first kappa shape index (κ1) is 18.3. The highest BCUT2D eigenvalue weighted by Gasteiger charge is 2.18. The molecule has 7 nitrogen and oxygen atoms in total. The molecule has 7 heteroatoms. The van der Waals surface area contributed by atoms with Crippen LogP contribution in [0.4, 0.5) is 5.82 Å². The molecule has 0 aliphatic rings. The summed E-state index contributed by atoms with van der Waals surface area (Å²) in [5.41, 5.74) is 1.62. The number of carbonyl (C=O) groups excluding carboxylic acids is 2.